The van der Waals surface area contributed by atoms with Gasteiger partial charge in [-0.2, -0.15) is 0 Å². The summed E-state index contributed by atoms with van der Waals surface area (Å²) in [5.74, 6) is -1.58. The molecule has 0 aliphatic rings. The summed E-state index contributed by atoms with van der Waals surface area (Å²) >= 11 is 0. The highest BCUT2D eigenvalue weighted by Crippen LogP contribution is 2.29. The molecule has 2 N–H and O–H groups in total. The number of aliphatic hydroxyl groups is 1. The summed E-state index contributed by atoms with van der Waals surface area (Å²) in [6.45, 7) is 9.12. The molecule has 0 aromatic heterocycles. The van der Waals surface area contributed by atoms with Gasteiger partial charge in [-0.05, 0) is 11.3 Å². The van der Waals surface area contributed by atoms with Crippen molar-refractivity contribution in [2.45, 2.75) is 40.7 Å². The first-order valence-electron chi connectivity index (χ1n) is 4.58. The van der Waals surface area contributed by atoms with Gasteiger partial charge < -0.3 is 10.2 Å². The van der Waals surface area contributed by atoms with Crippen molar-refractivity contribution in [2.24, 2.45) is 17.3 Å². The highest BCUT2D eigenvalue weighted by molar-refractivity contribution is 5.69. The molecule has 0 aliphatic heterocycles. The Morgan fingerprint density at radius 3 is 1.85 bits per heavy atom. The van der Waals surface area contributed by atoms with Crippen molar-refractivity contribution in [3.63, 3.8) is 0 Å². The van der Waals surface area contributed by atoms with Gasteiger partial charge in [0.1, 0.15) is 0 Å². The molecule has 78 valence electrons. The minimum Gasteiger partial charge on any atom is -0.481 e. The van der Waals surface area contributed by atoms with Crippen LogP contribution in [0.5, 0.6) is 0 Å². The molecule has 0 fully saturated rings. The molecule has 0 aromatic rings. The molecule has 0 bridgehead atoms. The average molecular weight is 188 g/mol. The molecule has 0 aromatic carbocycles. The van der Waals surface area contributed by atoms with Gasteiger partial charge in [0.2, 0.25) is 0 Å². The summed E-state index contributed by atoms with van der Waals surface area (Å²) in [5.41, 5.74) is -0.261. The number of hydrogen-bond donors (Lipinski definition) is 2. The van der Waals surface area contributed by atoms with Crippen molar-refractivity contribution in [2.75, 3.05) is 0 Å². The standard InChI is InChI=1S/C10H20O3/c1-6(7(2)9(12)13)8(11)10(3,4)5/h6-8,11H,1-5H3,(H,12,13). The van der Waals surface area contributed by atoms with E-state index < -0.39 is 18.0 Å². The van der Waals surface area contributed by atoms with Crippen LogP contribution in [-0.4, -0.2) is 22.3 Å². The van der Waals surface area contributed by atoms with Crippen LogP contribution in [0.15, 0.2) is 0 Å². The van der Waals surface area contributed by atoms with E-state index in [1.54, 1.807) is 13.8 Å². The topological polar surface area (TPSA) is 57.5 Å². The predicted molar refractivity (Wildman–Crippen MR) is 51.4 cm³/mol. The molecule has 0 saturated carbocycles. The highest BCUT2D eigenvalue weighted by atomic mass is 16.4. The zero-order valence-corrected chi connectivity index (χ0v) is 9.03. The van der Waals surface area contributed by atoms with Crippen LogP contribution < -0.4 is 0 Å². The van der Waals surface area contributed by atoms with Gasteiger partial charge in [-0.25, -0.2) is 0 Å². The molecule has 3 heteroatoms. The van der Waals surface area contributed by atoms with Crippen LogP contribution in [0.4, 0.5) is 0 Å². The zero-order chi connectivity index (χ0) is 10.8. The van der Waals surface area contributed by atoms with Crippen LogP contribution in [0, 0.1) is 17.3 Å². The van der Waals surface area contributed by atoms with Crippen molar-refractivity contribution >= 4 is 5.97 Å². The van der Waals surface area contributed by atoms with E-state index in [0.29, 0.717) is 0 Å². The Morgan fingerprint density at radius 1 is 1.23 bits per heavy atom. The lowest BCUT2D eigenvalue weighted by atomic mass is 9.77. The summed E-state index contributed by atoms with van der Waals surface area (Å²) in [6, 6.07) is 0. The molecule has 0 amide bonds. The van der Waals surface area contributed by atoms with Gasteiger partial charge in [0.05, 0.1) is 12.0 Å². The molecular formula is C10H20O3. The molecule has 0 radical (unpaired) electrons. The quantitative estimate of drug-likeness (QED) is 0.709. The number of aliphatic carboxylic acids is 1. The lowest BCUT2D eigenvalue weighted by molar-refractivity contribution is -0.145. The molecule has 0 heterocycles. The van der Waals surface area contributed by atoms with E-state index in [-0.39, 0.29) is 11.3 Å². The number of carbonyl (C=O) groups is 1. The van der Waals surface area contributed by atoms with E-state index in [4.69, 9.17) is 5.11 Å². The molecule has 0 saturated heterocycles. The van der Waals surface area contributed by atoms with Gasteiger partial charge in [-0.15, -0.1) is 0 Å². The third-order valence-electron chi connectivity index (χ3n) is 2.56. The second kappa shape index (κ2) is 4.09. The van der Waals surface area contributed by atoms with E-state index >= 15 is 0 Å². The Hall–Kier alpha value is -0.570. The third-order valence-corrected chi connectivity index (χ3v) is 2.56. The van der Waals surface area contributed by atoms with Gasteiger partial charge >= 0.3 is 5.97 Å². The van der Waals surface area contributed by atoms with Crippen molar-refractivity contribution in [1.29, 1.82) is 0 Å². The molecule has 13 heavy (non-hydrogen) atoms. The van der Waals surface area contributed by atoms with Gasteiger partial charge in [0.15, 0.2) is 0 Å². The van der Waals surface area contributed by atoms with Crippen LogP contribution in [-0.2, 0) is 4.79 Å². The molecule has 3 unspecified atom stereocenters. The van der Waals surface area contributed by atoms with E-state index in [1.165, 1.54) is 0 Å². The summed E-state index contributed by atoms with van der Waals surface area (Å²) in [4.78, 5) is 10.7. The van der Waals surface area contributed by atoms with Crippen molar-refractivity contribution < 1.29 is 15.0 Å². The van der Waals surface area contributed by atoms with Crippen LogP contribution in [0.1, 0.15) is 34.6 Å². The van der Waals surface area contributed by atoms with Crippen molar-refractivity contribution in [1.82, 2.24) is 0 Å². The Kier molecular flexibility index (Phi) is 3.91. The smallest absolute Gasteiger partial charge is 0.306 e. The van der Waals surface area contributed by atoms with E-state index in [1.807, 2.05) is 20.8 Å². The maximum atomic E-state index is 10.7. The minimum absolute atomic E-state index is 0.225. The first kappa shape index (κ1) is 12.4. The molecule has 0 spiro atoms. The lowest BCUT2D eigenvalue weighted by Gasteiger charge is -2.32. The van der Waals surface area contributed by atoms with E-state index in [9.17, 15) is 9.90 Å². The fourth-order valence-electron chi connectivity index (χ4n) is 1.29. The summed E-state index contributed by atoms with van der Waals surface area (Å²) in [6.07, 6.45) is -0.585. The van der Waals surface area contributed by atoms with Gasteiger partial charge in [-0.3, -0.25) is 4.79 Å². The third kappa shape index (κ3) is 3.35. The molecule has 3 nitrogen and oxygen atoms in total. The Bertz CT molecular complexity index is 181. The van der Waals surface area contributed by atoms with Crippen LogP contribution in [0.2, 0.25) is 0 Å². The SMILES string of the molecule is CC(C(=O)O)C(C)C(O)C(C)(C)C. The predicted octanol–water partition coefficient (Wildman–Crippen LogP) is 1.75. The number of hydrogen-bond acceptors (Lipinski definition) is 2. The zero-order valence-electron chi connectivity index (χ0n) is 9.03. The van der Waals surface area contributed by atoms with Crippen molar-refractivity contribution in [3.8, 4) is 0 Å². The Labute approximate surface area is 79.8 Å². The first-order valence-corrected chi connectivity index (χ1v) is 4.58. The van der Waals surface area contributed by atoms with Gasteiger partial charge in [0, 0.05) is 0 Å². The maximum Gasteiger partial charge on any atom is 0.306 e. The normalized spacial score (nSPS) is 19.2. The molecule has 3 atom stereocenters. The summed E-state index contributed by atoms with van der Waals surface area (Å²) in [5, 5.41) is 18.6. The Morgan fingerprint density at radius 2 is 1.62 bits per heavy atom. The number of rotatable bonds is 3. The molecular weight excluding hydrogens is 168 g/mol. The fraction of sp³-hybridized carbons (Fsp3) is 0.900. The number of carboxylic acid groups (broad SMARTS) is 1. The Balaban J connectivity index is 4.42. The van der Waals surface area contributed by atoms with Gasteiger partial charge in [-0.1, -0.05) is 34.6 Å². The second-order valence-corrected chi connectivity index (χ2v) is 4.80. The highest BCUT2D eigenvalue weighted by Gasteiger charge is 2.33. The number of aliphatic hydroxyl groups excluding tert-OH is 1. The fourth-order valence-corrected chi connectivity index (χ4v) is 1.29. The maximum absolute atomic E-state index is 10.7. The monoisotopic (exact) mass is 188 g/mol. The first-order chi connectivity index (χ1) is 5.68. The largest absolute Gasteiger partial charge is 0.481 e. The van der Waals surface area contributed by atoms with Crippen LogP contribution in [0.3, 0.4) is 0 Å². The average Bonchev–Trinajstić information content (AvgIpc) is 1.98. The second-order valence-electron chi connectivity index (χ2n) is 4.80. The minimum atomic E-state index is -0.851. The number of carboxylic acids is 1. The molecule has 0 rings (SSSR count). The van der Waals surface area contributed by atoms with E-state index in [2.05, 4.69) is 0 Å². The lowest BCUT2D eigenvalue weighted by Crippen LogP contribution is -2.37. The van der Waals surface area contributed by atoms with Gasteiger partial charge in [0.25, 0.3) is 0 Å². The molecule has 0 aliphatic carbocycles. The van der Waals surface area contributed by atoms with Crippen LogP contribution in [0.25, 0.3) is 0 Å². The van der Waals surface area contributed by atoms with Crippen LogP contribution >= 0.6 is 0 Å². The van der Waals surface area contributed by atoms with Crippen molar-refractivity contribution in [3.05, 3.63) is 0 Å². The summed E-state index contributed by atoms with van der Waals surface area (Å²) in [7, 11) is 0. The van der Waals surface area contributed by atoms with E-state index in [0.717, 1.165) is 0 Å². The summed E-state index contributed by atoms with van der Waals surface area (Å²) < 4.78 is 0.